The minimum absolute atomic E-state index is 0.237. The molecule has 24 heavy (non-hydrogen) atoms. The number of amidine groups is 1. The minimum atomic E-state index is 0.237. The van der Waals surface area contributed by atoms with Gasteiger partial charge in [0, 0.05) is 22.5 Å². The van der Waals surface area contributed by atoms with E-state index in [1.54, 1.807) is 0 Å². The van der Waals surface area contributed by atoms with Crippen molar-refractivity contribution in [3.8, 4) is 11.3 Å². The fourth-order valence-corrected chi connectivity index (χ4v) is 3.63. The van der Waals surface area contributed by atoms with Gasteiger partial charge in [0.25, 0.3) is 0 Å². The summed E-state index contributed by atoms with van der Waals surface area (Å²) in [7, 11) is 0. The van der Waals surface area contributed by atoms with Crippen molar-refractivity contribution in [2.24, 2.45) is 5.92 Å². The molecule has 1 aromatic heterocycles. The molecule has 0 saturated carbocycles. The van der Waals surface area contributed by atoms with Crippen molar-refractivity contribution >= 4 is 34.3 Å². The summed E-state index contributed by atoms with van der Waals surface area (Å²) < 4.78 is 0. The monoisotopic (exact) mass is 361 g/mol. The average Bonchev–Trinajstić information content (AvgIpc) is 3.11. The van der Waals surface area contributed by atoms with Crippen molar-refractivity contribution < 1.29 is 5.11 Å². The third-order valence-corrected chi connectivity index (χ3v) is 5.13. The number of aliphatic hydroxyl groups is 1. The molecule has 1 aromatic carbocycles. The summed E-state index contributed by atoms with van der Waals surface area (Å²) in [6.07, 6.45) is 0.997. The van der Waals surface area contributed by atoms with E-state index in [2.05, 4.69) is 18.8 Å². The Morgan fingerprint density at radius 3 is 2.71 bits per heavy atom. The van der Waals surface area contributed by atoms with Gasteiger partial charge in [-0.3, -0.25) is 5.41 Å². The topological polar surface area (TPSA) is 60.2 Å². The molecule has 0 aliphatic carbocycles. The average molecular weight is 362 g/mol. The molecular weight excluding hydrogens is 342 g/mol. The normalized spacial score (nSPS) is 15.0. The van der Waals surface area contributed by atoms with Gasteiger partial charge in [-0.2, -0.15) is 0 Å². The highest BCUT2D eigenvalue weighted by atomic mass is 35.5. The van der Waals surface area contributed by atoms with Crippen molar-refractivity contribution in [1.82, 2.24) is 9.88 Å². The van der Waals surface area contributed by atoms with Gasteiger partial charge in [-0.15, -0.1) is 11.3 Å². The van der Waals surface area contributed by atoms with E-state index in [0.29, 0.717) is 33.9 Å². The smallest absolute Gasteiger partial charge is 0.135 e. The number of rotatable bonds is 5. The number of hydrogen-bond donors (Lipinski definition) is 2. The maximum absolute atomic E-state index is 10.3. The van der Waals surface area contributed by atoms with Gasteiger partial charge in [-0.25, -0.2) is 4.98 Å². The Labute approximate surface area is 150 Å². The van der Waals surface area contributed by atoms with Crippen LogP contribution in [0.25, 0.3) is 16.8 Å². The first-order valence-electron chi connectivity index (χ1n) is 7.93. The summed E-state index contributed by atoms with van der Waals surface area (Å²) in [5.41, 5.74) is 2.37. The van der Waals surface area contributed by atoms with Crippen LogP contribution in [0.1, 0.15) is 25.3 Å². The fourth-order valence-electron chi connectivity index (χ4n) is 2.61. The Morgan fingerprint density at radius 2 is 2.04 bits per heavy atom. The molecule has 4 nitrogen and oxygen atoms in total. The first-order chi connectivity index (χ1) is 11.5. The third-order valence-electron chi connectivity index (χ3n) is 4.02. The van der Waals surface area contributed by atoms with Crippen molar-refractivity contribution in [2.75, 3.05) is 13.1 Å². The van der Waals surface area contributed by atoms with Gasteiger partial charge in [-0.05, 0) is 24.5 Å². The van der Waals surface area contributed by atoms with Crippen LogP contribution in [-0.4, -0.2) is 33.9 Å². The van der Waals surface area contributed by atoms with Gasteiger partial charge in [0.15, 0.2) is 0 Å². The summed E-state index contributed by atoms with van der Waals surface area (Å²) in [6, 6.07) is 7.50. The zero-order valence-corrected chi connectivity index (χ0v) is 15.3. The lowest BCUT2D eigenvalue weighted by Crippen LogP contribution is -2.28. The highest BCUT2D eigenvalue weighted by Gasteiger charge is 2.30. The van der Waals surface area contributed by atoms with Gasteiger partial charge in [0.05, 0.1) is 17.8 Å². The lowest BCUT2D eigenvalue weighted by atomic mass is 10.1. The van der Waals surface area contributed by atoms with E-state index in [9.17, 15) is 5.11 Å². The molecule has 0 spiro atoms. The first-order valence-corrected chi connectivity index (χ1v) is 9.19. The van der Waals surface area contributed by atoms with Gasteiger partial charge >= 0.3 is 0 Å². The summed E-state index contributed by atoms with van der Waals surface area (Å²) >= 11 is 7.37. The van der Waals surface area contributed by atoms with Gasteiger partial charge in [0.1, 0.15) is 16.6 Å². The fraction of sp³-hybridized carbons (Fsp3) is 0.333. The number of halogens is 1. The van der Waals surface area contributed by atoms with Crippen LogP contribution in [0.3, 0.4) is 0 Å². The Morgan fingerprint density at radius 1 is 1.33 bits per heavy atom. The van der Waals surface area contributed by atoms with Crippen molar-refractivity contribution in [2.45, 2.75) is 20.3 Å². The van der Waals surface area contributed by atoms with E-state index < -0.39 is 0 Å². The highest BCUT2D eigenvalue weighted by Crippen LogP contribution is 2.32. The SMILES string of the molecule is CC(C)CCN1CC(O)=C(c2nc(-c3ccc(Cl)cc3)cs2)C1=N. The standard InChI is InChI=1S/C18H20ClN3OS/c1-11(2)7-8-22-9-15(23)16(17(22)20)18-21-14(10-24-18)12-3-5-13(19)6-4-12/h3-6,10-11,20,23H,7-9H2,1-2H3. The molecule has 126 valence electrons. The van der Waals surface area contributed by atoms with Crippen LogP contribution >= 0.6 is 22.9 Å². The zero-order valence-electron chi connectivity index (χ0n) is 13.7. The second-order valence-electron chi connectivity index (χ2n) is 6.32. The Hall–Kier alpha value is -1.85. The quantitative estimate of drug-likeness (QED) is 0.781. The molecule has 1 aliphatic heterocycles. The number of aromatic nitrogens is 1. The summed E-state index contributed by atoms with van der Waals surface area (Å²) in [4.78, 5) is 6.52. The summed E-state index contributed by atoms with van der Waals surface area (Å²) in [5, 5.41) is 22.0. The van der Waals surface area contributed by atoms with E-state index in [-0.39, 0.29) is 5.76 Å². The molecule has 0 fully saturated rings. The van der Waals surface area contributed by atoms with E-state index in [4.69, 9.17) is 17.0 Å². The molecule has 2 N–H and O–H groups in total. The molecule has 2 heterocycles. The molecule has 1 aliphatic rings. The van der Waals surface area contributed by atoms with Crippen LogP contribution in [0, 0.1) is 11.3 Å². The highest BCUT2D eigenvalue weighted by molar-refractivity contribution is 7.11. The van der Waals surface area contributed by atoms with E-state index in [1.807, 2.05) is 34.5 Å². The summed E-state index contributed by atoms with van der Waals surface area (Å²) in [6.45, 7) is 5.50. The van der Waals surface area contributed by atoms with Crippen LogP contribution < -0.4 is 0 Å². The van der Waals surface area contributed by atoms with Gasteiger partial charge < -0.3 is 10.0 Å². The molecule has 0 saturated heterocycles. The van der Waals surface area contributed by atoms with Crippen molar-refractivity contribution in [3.63, 3.8) is 0 Å². The van der Waals surface area contributed by atoms with Crippen LogP contribution in [0.4, 0.5) is 0 Å². The maximum Gasteiger partial charge on any atom is 0.135 e. The molecule has 0 atom stereocenters. The maximum atomic E-state index is 10.3. The zero-order chi connectivity index (χ0) is 17.3. The van der Waals surface area contributed by atoms with E-state index in [0.717, 1.165) is 24.2 Å². The van der Waals surface area contributed by atoms with Crippen LogP contribution in [0.5, 0.6) is 0 Å². The second-order valence-corrected chi connectivity index (χ2v) is 7.61. The molecule has 6 heteroatoms. The Bertz CT molecular complexity index is 780. The van der Waals surface area contributed by atoms with Crippen LogP contribution in [0.15, 0.2) is 35.4 Å². The number of aliphatic hydroxyl groups excluding tert-OH is 1. The number of hydrogen-bond acceptors (Lipinski definition) is 4. The Kier molecular flexibility index (Phi) is 4.92. The lowest BCUT2D eigenvalue weighted by Gasteiger charge is -2.19. The van der Waals surface area contributed by atoms with E-state index in [1.165, 1.54) is 11.3 Å². The predicted octanol–water partition coefficient (Wildman–Crippen LogP) is 5.07. The van der Waals surface area contributed by atoms with E-state index >= 15 is 0 Å². The second kappa shape index (κ2) is 6.95. The van der Waals surface area contributed by atoms with Crippen LogP contribution in [0.2, 0.25) is 5.02 Å². The molecular formula is C18H20ClN3OS. The number of thiazole rings is 1. The number of nitrogens with zero attached hydrogens (tertiary/aromatic N) is 2. The van der Waals surface area contributed by atoms with Gasteiger partial charge in [0.2, 0.25) is 0 Å². The first kappa shape index (κ1) is 17.0. The molecule has 0 radical (unpaired) electrons. The van der Waals surface area contributed by atoms with Crippen molar-refractivity contribution in [3.05, 3.63) is 45.4 Å². The summed E-state index contributed by atoms with van der Waals surface area (Å²) in [5.74, 6) is 1.17. The van der Waals surface area contributed by atoms with Crippen LogP contribution in [-0.2, 0) is 0 Å². The van der Waals surface area contributed by atoms with Crippen molar-refractivity contribution in [1.29, 1.82) is 5.41 Å². The lowest BCUT2D eigenvalue weighted by molar-refractivity contribution is 0.337. The number of benzene rings is 1. The molecule has 0 bridgehead atoms. The predicted molar refractivity (Wildman–Crippen MR) is 101 cm³/mol. The Balaban J connectivity index is 1.80. The molecule has 0 unspecified atom stereocenters. The number of nitrogens with one attached hydrogen (secondary N) is 1. The minimum Gasteiger partial charge on any atom is -0.510 e. The third kappa shape index (κ3) is 3.47. The van der Waals surface area contributed by atoms with Gasteiger partial charge in [-0.1, -0.05) is 37.6 Å². The largest absolute Gasteiger partial charge is 0.510 e. The molecule has 3 rings (SSSR count). The molecule has 2 aromatic rings. The molecule has 0 amide bonds.